The molecule has 0 radical (unpaired) electrons. The number of aryl methyl sites for hydroxylation is 2. The van der Waals surface area contributed by atoms with Gasteiger partial charge in [-0.05, 0) is 68.3 Å². The Morgan fingerprint density at radius 1 is 1.17 bits per heavy atom. The number of nitrogens with one attached hydrogen (secondary N) is 1. The molecule has 0 bridgehead atoms. The highest BCUT2D eigenvalue weighted by atomic mass is 35.5. The molecule has 152 valence electrons. The number of hydrogen-bond acceptors (Lipinski definition) is 5. The lowest BCUT2D eigenvalue weighted by molar-refractivity contribution is -0.116. The summed E-state index contributed by atoms with van der Waals surface area (Å²) in [6.07, 6.45) is 0.979. The van der Waals surface area contributed by atoms with Gasteiger partial charge in [0.15, 0.2) is 5.13 Å². The van der Waals surface area contributed by atoms with Crippen LogP contribution in [0.3, 0.4) is 0 Å². The molecule has 1 heterocycles. The first kappa shape index (κ1) is 21.1. The summed E-state index contributed by atoms with van der Waals surface area (Å²) in [6.45, 7) is 4.46. The number of halogens is 1. The van der Waals surface area contributed by atoms with Crippen molar-refractivity contribution in [2.45, 2.75) is 26.7 Å². The minimum atomic E-state index is -0.0732. The Kier molecular flexibility index (Phi) is 7.12. The number of benzene rings is 2. The number of rotatable bonds is 8. The maximum absolute atomic E-state index is 12.2. The Morgan fingerprint density at radius 3 is 2.62 bits per heavy atom. The fourth-order valence-corrected chi connectivity index (χ4v) is 3.86. The number of thiazole rings is 1. The number of ether oxygens (including phenoxy) is 2. The quantitative estimate of drug-likeness (QED) is 0.453. The molecular weight excluding hydrogens is 408 g/mol. The van der Waals surface area contributed by atoms with Gasteiger partial charge in [-0.15, -0.1) is 11.3 Å². The van der Waals surface area contributed by atoms with Crippen molar-refractivity contribution in [3.63, 3.8) is 0 Å². The molecule has 5 nitrogen and oxygen atoms in total. The zero-order valence-electron chi connectivity index (χ0n) is 16.6. The summed E-state index contributed by atoms with van der Waals surface area (Å²) < 4.78 is 10.9. The van der Waals surface area contributed by atoms with Gasteiger partial charge in [0, 0.05) is 21.9 Å². The number of hydrogen-bond donors (Lipinski definition) is 1. The Balaban J connectivity index is 1.52. The monoisotopic (exact) mass is 430 g/mol. The van der Waals surface area contributed by atoms with Crippen LogP contribution in [0.4, 0.5) is 5.13 Å². The molecule has 7 heteroatoms. The number of methoxy groups -OCH3 is 1. The van der Waals surface area contributed by atoms with Crippen molar-refractivity contribution in [1.82, 2.24) is 4.98 Å². The van der Waals surface area contributed by atoms with Crippen molar-refractivity contribution in [1.29, 1.82) is 0 Å². The first-order valence-corrected chi connectivity index (χ1v) is 10.5. The van der Waals surface area contributed by atoms with Crippen LogP contribution in [0.5, 0.6) is 11.5 Å². The topological polar surface area (TPSA) is 60.5 Å². The maximum atomic E-state index is 12.2. The summed E-state index contributed by atoms with van der Waals surface area (Å²) >= 11 is 7.32. The molecular formula is C22H23ClN2O3S. The van der Waals surface area contributed by atoms with E-state index in [-0.39, 0.29) is 5.91 Å². The SMILES string of the molecule is COc1ccc(-c2nc(NC(=O)CCCOc3ccc(Cl)cc3)sc2C)cc1C. The van der Waals surface area contributed by atoms with Gasteiger partial charge in [0.1, 0.15) is 11.5 Å². The normalized spacial score (nSPS) is 10.6. The van der Waals surface area contributed by atoms with Crippen LogP contribution >= 0.6 is 22.9 Å². The minimum Gasteiger partial charge on any atom is -0.496 e. The van der Waals surface area contributed by atoms with Crippen LogP contribution in [0.15, 0.2) is 42.5 Å². The van der Waals surface area contributed by atoms with E-state index >= 15 is 0 Å². The zero-order valence-corrected chi connectivity index (χ0v) is 18.2. The van der Waals surface area contributed by atoms with E-state index in [0.717, 1.165) is 33.2 Å². The van der Waals surface area contributed by atoms with Crippen molar-refractivity contribution in [2.24, 2.45) is 0 Å². The predicted molar refractivity (Wildman–Crippen MR) is 118 cm³/mol. The number of nitrogens with zero attached hydrogens (tertiary/aromatic N) is 1. The van der Waals surface area contributed by atoms with Gasteiger partial charge in [-0.1, -0.05) is 11.6 Å². The zero-order chi connectivity index (χ0) is 20.8. The third-order valence-corrected chi connectivity index (χ3v) is 5.48. The highest BCUT2D eigenvalue weighted by Crippen LogP contribution is 2.32. The van der Waals surface area contributed by atoms with Crippen LogP contribution in [-0.4, -0.2) is 24.6 Å². The van der Waals surface area contributed by atoms with Crippen molar-refractivity contribution in [3.8, 4) is 22.8 Å². The van der Waals surface area contributed by atoms with Crippen LogP contribution in [0.2, 0.25) is 5.02 Å². The van der Waals surface area contributed by atoms with Crippen LogP contribution in [0.25, 0.3) is 11.3 Å². The molecule has 0 atom stereocenters. The van der Waals surface area contributed by atoms with Gasteiger partial charge in [0.05, 0.1) is 19.4 Å². The standard InChI is InChI=1S/C22H23ClN2O3S/c1-14-13-16(6-11-19(14)27-3)21-15(2)29-22(25-21)24-20(26)5-4-12-28-18-9-7-17(23)8-10-18/h6-11,13H,4-5,12H2,1-3H3,(H,24,25,26). The van der Waals surface area contributed by atoms with Crippen molar-refractivity contribution < 1.29 is 14.3 Å². The van der Waals surface area contributed by atoms with E-state index < -0.39 is 0 Å². The second-order valence-corrected chi connectivity index (χ2v) is 8.20. The Morgan fingerprint density at radius 2 is 1.93 bits per heavy atom. The average Bonchev–Trinajstić information content (AvgIpc) is 3.06. The number of carbonyl (C=O) groups is 1. The van der Waals surface area contributed by atoms with Crippen LogP contribution in [0, 0.1) is 13.8 Å². The molecule has 3 aromatic rings. The molecule has 0 saturated heterocycles. The number of amides is 1. The summed E-state index contributed by atoms with van der Waals surface area (Å²) in [6, 6.07) is 13.1. The third kappa shape index (κ3) is 5.71. The summed E-state index contributed by atoms with van der Waals surface area (Å²) in [5.74, 6) is 1.51. The molecule has 0 fully saturated rings. The molecule has 0 aliphatic heterocycles. The molecule has 29 heavy (non-hydrogen) atoms. The molecule has 0 aliphatic carbocycles. The third-order valence-electron chi connectivity index (χ3n) is 4.34. The van der Waals surface area contributed by atoms with Crippen LogP contribution < -0.4 is 14.8 Å². The Labute approximate surface area is 179 Å². The minimum absolute atomic E-state index is 0.0732. The predicted octanol–water partition coefficient (Wildman–Crippen LogP) is 5.89. The van der Waals surface area contributed by atoms with E-state index in [1.165, 1.54) is 11.3 Å². The largest absolute Gasteiger partial charge is 0.496 e. The second-order valence-electron chi connectivity index (χ2n) is 6.56. The van der Waals surface area contributed by atoms with Gasteiger partial charge >= 0.3 is 0 Å². The fraction of sp³-hybridized carbons (Fsp3) is 0.273. The molecule has 1 amide bonds. The molecule has 0 spiro atoms. The van der Waals surface area contributed by atoms with Gasteiger partial charge in [0.2, 0.25) is 5.91 Å². The smallest absolute Gasteiger partial charge is 0.226 e. The Hall–Kier alpha value is -2.57. The molecule has 0 saturated carbocycles. The first-order chi connectivity index (χ1) is 14.0. The molecule has 0 aliphatic rings. The van der Waals surface area contributed by atoms with Gasteiger partial charge in [-0.2, -0.15) is 0 Å². The summed E-state index contributed by atoms with van der Waals surface area (Å²) in [4.78, 5) is 17.9. The van der Waals surface area contributed by atoms with Gasteiger partial charge in [0.25, 0.3) is 0 Å². The summed E-state index contributed by atoms with van der Waals surface area (Å²) in [5.41, 5.74) is 2.93. The van der Waals surface area contributed by atoms with Gasteiger partial charge < -0.3 is 14.8 Å². The molecule has 1 aromatic heterocycles. The lowest BCUT2D eigenvalue weighted by Gasteiger charge is -2.06. The molecule has 2 aromatic carbocycles. The average molecular weight is 431 g/mol. The lowest BCUT2D eigenvalue weighted by Crippen LogP contribution is -2.12. The van der Waals surface area contributed by atoms with E-state index in [4.69, 9.17) is 21.1 Å². The first-order valence-electron chi connectivity index (χ1n) is 9.27. The summed E-state index contributed by atoms with van der Waals surface area (Å²) in [5, 5.41) is 4.16. The lowest BCUT2D eigenvalue weighted by atomic mass is 10.1. The highest BCUT2D eigenvalue weighted by molar-refractivity contribution is 7.16. The van der Waals surface area contributed by atoms with Gasteiger partial charge in [-0.3, -0.25) is 4.79 Å². The van der Waals surface area contributed by atoms with E-state index in [0.29, 0.717) is 29.6 Å². The number of anilines is 1. The van der Waals surface area contributed by atoms with Crippen molar-refractivity contribution in [2.75, 3.05) is 19.0 Å². The van der Waals surface area contributed by atoms with Crippen LogP contribution in [-0.2, 0) is 4.79 Å². The van der Waals surface area contributed by atoms with Crippen molar-refractivity contribution in [3.05, 3.63) is 57.9 Å². The number of aromatic nitrogens is 1. The molecule has 0 unspecified atom stereocenters. The van der Waals surface area contributed by atoms with E-state index in [2.05, 4.69) is 10.3 Å². The highest BCUT2D eigenvalue weighted by Gasteiger charge is 2.13. The molecule has 3 rings (SSSR count). The van der Waals surface area contributed by atoms with Gasteiger partial charge in [-0.25, -0.2) is 4.98 Å². The number of carbonyl (C=O) groups excluding carboxylic acids is 1. The summed E-state index contributed by atoms with van der Waals surface area (Å²) in [7, 11) is 1.66. The second kappa shape index (κ2) is 9.76. The van der Waals surface area contributed by atoms with Crippen LogP contribution in [0.1, 0.15) is 23.3 Å². The van der Waals surface area contributed by atoms with E-state index in [1.807, 2.05) is 44.2 Å². The van der Waals surface area contributed by atoms with E-state index in [9.17, 15) is 4.79 Å². The van der Waals surface area contributed by atoms with E-state index in [1.54, 1.807) is 19.2 Å². The maximum Gasteiger partial charge on any atom is 0.226 e. The Bertz CT molecular complexity index is 986. The van der Waals surface area contributed by atoms with Crippen molar-refractivity contribution >= 4 is 34.0 Å². The fourth-order valence-electron chi connectivity index (χ4n) is 2.88. The molecule has 1 N–H and O–H groups in total.